The molecule has 0 bridgehead atoms. The fourth-order valence-electron chi connectivity index (χ4n) is 3.85. The summed E-state index contributed by atoms with van der Waals surface area (Å²) >= 11 is 0. The number of rotatable bonds is 5. The fourth-order valence-corrected chi connectivity index (χ4v) is 3.85. The average molecular weight is 427 g/mol. The Morgan fingerprint density at radius 2 is 1.94 bits per heavy atom. The van der Waals surface area contributed by atoms with E-state index in [1.165, 1.54) is 0 Å². The van der Waals surface area contributed by atoms with Crippen molar-refractivity contribution >= 4 is 29.7 Å². The maximum atomic E-state index is 11.9. The monoisotopic (exact) mass is 427 g/mol. The van der Waals surface area contributed by atoms with E-state index in [2.05, 4.69) is 44.1 Å². The number of fused-ring (bicyclic) bond motifs is 1. The Morgan fingerprint density at radius 1 is 1.26 bits per heavy atom. The zero-order valence-electron chi connectivity index (χ0n) is 19.7. The highest BCUT2D eigenvalue weighted by molar-refractivity contribution is 6.62. The van der Waals surface area contributed by atoms with Gasteiger partial charge in [-0.1, -0.05) is 6.07 Å². The lowest BCUT2D eigenvalue weighted by Crippen LogP contribution is -2.41. The van der Waals surface area contributed by atoms with E-state index in [9.17, 15) is 4.79 Å². The molecule has 1 aromatic carbocycles. The second kappa shape index (κ2) is 7.52. The zero-order valence-corrected chi connectivity index (χ0v) is 19.7. The summed E-state index contributed by atoms with van der Waals surface area (Å²) < 4.78 is 17.7. The number of benzene rings is 1. The molecule has 0 spiro atoms. The van der Waals surface area contributed by atoms with Crippen LogP contribution >= 0.6 is 0 Å². The summed E-state index contributed by atoms with van der Waals surface area (Å²) in [6.45, 7) is 13.8. The number of aromatic amines is 1. The number of aryl methyl sites for hydroxylation is 1. The molecule has 1 aliphatic carbocycles. The number of alkyl carbamates (subject to hydrolysis) is 1. The van der Waals surface area contributed by atoms with Crippen LogP contribution in [0.2, 0.25) is 0 Å². The summed E-state index contributed by atoms with van der Waals surface area (Å²) in [5.41, 5.74) is 1.72. The topological polar surface area (TPSA) is 85.5 Å². The van der Waals surface area contributed by atoms with Gasteiger partial charge in [0.15, 0.2) is 0 Å². The first-order chi connectivity index (χ1) is 14.3. The van der Waals surface area contributed by atoms with E-state index in [1.807, 2.05) is 32.9 Å². The molecule has 2 aliphatic rings. The van der Waals surface area contributed by atoms with Crippen molar-refractivity contribution in [3.05, 3.63) is 24.0 Å². The van der Waals surface area contributed by atoms with Crippen molar-refractivity contribution in [2.45, 2.75) is 90.6 Å². The number of imidazole rings is 1. The summed E-state index contributed by atoms with van der Waals surface area (Å²) in [6.07, 6.45) is 2.48. The van der Waals surface area contributed by atoms with Crippen molar-refractivity contribution < 1.29 is 18.8 Å². The van der Waals surface area contributed by atoms with Crippen molar-refractivity contribution in [2.75, 3.05) is 0 Å². The van der Waals surface area contributed by atoms with Crippen LogP contribution in [-0.2, 0) is 20.5 Å². The van der Waals surface area contributed by atoms with Crippen LogP contribution in [0.4, 0.5) is 4.79 Å². The lowest BCUT2D eigenvalue weighted by atomic mass is 9.79. The molecule has 31 heavy (non-hydrogen) atoms. The summed E-state index contributed by atoms with van der Waals surface area (Å²) in [6, 6.07) is 6.31. The minimum atomic E-state index is -0.471. The predicted octanol–water partition coefficient (Wildman–Crippen LogP) is 3.71. The quantitative estimate of drug-likeness (QED) is 0.711. The number of hydrogen-bond acceptors (Lipinski definition) is 5. The van der Waals surface area contributed by atoms with Crippen LogP contribution in [0, 0.1) is 5.92 Å². The Balaban J connectivity index is 1.33. The highest BCUT2D eigenvalue weighted by Crippen LogP contribution is 2.37. The molecule has 2 heterocycles. The first-order valence-electron chi connectivity index (χ1n) is 11.2. The van der Waals surface area contributed by atoms with Gasteiger partial charge in [-0.3, -0.25) is 0 Å². The van der Waals surface area contributed by atoms with Crippen molar-refractivity contribution in [2.24, 2.45) is 5.92 Å². The molecular formula is C23H34BN3O4. The van der Waals surface area contributed by atoms with Gasteiger partial charge in [0.2, 0.25) is 0 Å². The highest BCUT2D eigenvalue weighted by Gasteiger charge is 2.51. The molecule has 1 aromatic heterocycles. The van der Waals surface area contributed by atoms with E-state index < -0.39 is 5.60 Å². The van der Waals surface area contributed by atoms with Gasteiger partial charge < -0.3 is 24.3 Å². The molecule has 1 saturated heterocycles. The maximum absolute atomic E-state index is 11.9. The van der Waals surface area contributed by atoms with Gasteiger partial charge in [0.1, 0.15) is 11.4 Å². The molecule has 2 aromatic rings. The van der Waals surface area contributed by atoms with Crippen molar-refractivity contribution in [1.82, 2.24) is 15.3 Å². The summed E-state index contributed by atoms with van der Waals surface area (Å²) in [5, 5.41) is 2.96. The van der Waals surface area contributed by atoms with Gasteiger partial charge in [0.25, 0.3) is 0 Å². The summed E-state index contributed by atoms with van der Waals surface area (Å²) in [7, 11) is -0.382. The van der Waals surface area contributed by atoms with Crippen LogP contribution in [0.3, 0.4) is 0 Å². The second-order valence-electron chi connectivity index (χ2n) is 10.8. The third kappa shape index (κ3) is 4.90. The van der Waals surface area contributed by atoms with Gasteiger partial charge in [-0.15, -0.1) is 0 Å². The molecule has 1 amide bonds. The van der Waals surface area contributed by atoms with E-state index in [1.54, 1.807) is 0 Å². The molecule has 2 fully saturated rings. The standard InChI is InChI=1S/C23H34BN3O4/c1-21(2,3)29-20(28)27-17-12-14(17)8-11-19-25-16-10-9-15(13-18(16)26-19)24-30-22(4,5)23(6,7)31-24/h9-10,13-14,17H,8,11-12H2,1-7H3,(H,25,26)(H,27,28)/t14-,17+/m0/s1. The smallest absolute Gasteiger partial charge is 0.444 e. The highest BCUT2D eigenvalue weighted by atomic mass is 16.7. The average Bonchev–Trinajstić information content (AvgIpc) is 3.13. The molecule has 0 unspecified atom stereocenters. The van der Waals surface area contributed by atoms with E-state index in [4.69, 9.17) is 19.0 Å². The van der Waals surface area contributed by atoms with Crippen LogP contribution in [0.25, 0.3) is 11.0 Å². The summed E-state index contributed by atoms with van der Waals surface area (Å²) in [4.78, 5) is 20.1. The first kappa shape index (κ1) is 22.2. The number of aromatic nitrogens is 2. The van der Waals surface area contributed by atoms with Gasteiger partial charge in [-0.25, -0.2) is 9.78 Å². The molecular weight excluding hydrogens is 393 g/mol. The molecule has 8 heteroatoms. The van der Waals surface area contributed by atoms with Crippen LogP contribution in [0.15, 0.2) is 18.2 Å². The van der Waals surface area contributed by atoms with E-state index >= 15 is 0 Å². The predicted molar refractivity (Wildman–Crippen MR) is 121 cm³/mol. The number of carbonyl (C=O) groups excluding carboxylic acids is 1. The first-order valence-corrected chi connectivity index (χ1v) is 11.2. The Hall–Kier alpha value is -2.06. The third-order valence-corrected chi connectivity index (χ3v) is 6.46. The number of nitrogens with zero attached hydrogens (tertiary/aromatic N) is 1. The fraction of sp³-hybridized carbons (Fsp3) is 0.652. The van der Waals surface area contributed by atoms with Crippen LogP contribution < -0.4 is 10.8 Å². The molecule has 2 atom stereocenters. The molecule has 0 radical (unpaired) electrons. The molecule has 1 saturated carbocycles. The van der Waals surface area contributed by atoms with E-state index in [0.717, 1.165) is 41.6 Å². The van der Waals surface area contributed by atoms with Crippen molar-refractivity contribution in [1.29, 1.82) is 0 Å². The lowest BCUT2D eigenvalue weighted by Gasteiger charge is -2.32. The molecule has 7 nitrogen and oxygen atoms in total. The number of nitrogens with one attached hydrogen (secondary N) is 2. The van der Waals surface area contributed by atoms with Gasteiger partial charge >= 0.3 is 13.2 Å². The number of carbonyl (C=O) groups is 1. The number of ether oxygens (including phenoxy) is 1. The minimum absolute atomic E-state index is 0.203. The Kier molecular flexibility index (Phi) is 5.37. The SMILES string of the molecule is CC(C)(C)OC(=O)N[C@@H]1C[C@@H]1CCc1nc2ccc(B3OC(C)(C)C(C)(C)O3)cc2[nH]1. The molecule has 4 rings (SSSR count). The second-order valence-corrected chi connectivity index (χ2v) is 10.8. The van der Waals surface area contributed by atoms with E-state index in [0.29, 0.717) is 5.92 Å². The van der Waals surface area contributed by atoms with Gasteiger partial charge in [0.05, 0.1) is 22.2 Å². The van der Waals surface area contributed by atoms with Crippen LogP contribution in [-0.4, -0.2) is 46.0 Å². The van der Waals surface area contributed by atoms with Gasteiger partial charge in [-0.05, 0) is 84.8 Å². The van der Waals surface area contributed by atoms with Gasteiger partial charge in [-0.2, -0.15) is 0 Å². The van der Waals surface area contributed by atoms with E-state index in [-0.39, 0.29) is 30.5 Å². The number of hydrogen-bond donors (Lipinski definition) is 2. The largest absolute Gasteiger partial charge is 0.494 e. The Bertz CT molecular complexity index is 963. The third-order valence-electron chi connectivity index (χ3n) is 6.46. The molecule has 2 N–H and O–H groups in total. The minimum Gasteiger partial charge on any atom is -0.444 e. The summed E-state index contributed by atoms with van der Waals surface area (Å²) in [5.74, 6) is 1.44. The Labute approximate surface area is 184 Å². The lowest BCUT2D eigenvalue weighted by molar-refractivity contribution is 0.00578. The Morgan fingerprint density at radius 3 is 2.58 bits per heavy atom. The van der Waals surface area contributed by atoms with Gasteiger partial charge in [0, 0.05) is 12.5 Å². The number of amides is 1. The van der Waals surface area contributed by atoms with Crippen molar-refractivity contribution in [3.63, 3.8) is 0 Å². The normalized spacial score (nSPS) is 24.4. The maximum Gasteiger partial charge on any atom is 0.494 e. The van der Waals surface area contributed by atoms with Crippen LogP contribution in [0.5, 0.6) is 0 Å². The zero-order chi connectivity index (χ0) is 22.6. The molecule has 1 aliphatic heterocycles. The van der Waals surface area contributed by atoms with Crippen molar-refractivity contribution in [3.8, 4) is 0 Å². The van der Waals surface area contributed by atoms with Crippen LogP contribution in [0.1, 0.15) is 67.1 Å². The molecule has 168 valence electrons. The number of H-pyrrole nitrogens is 1.